The van der Waals surface area contributed by atoms with Crippen LogP contribution >= 0.6 is 23.2 Å². The van der Waals surface area contributed by atoms with E-state index < -0.39 is 0 Å². The Labute approximate surface area is 108 Å². The van der Waals surface area contributed by atoms with Crippen molar-refractivity contribution in [3.63, 3.8) is 0 Å². The maximum absolute atomic E-state index is 12.0. The Kier molecular flexibility index (Phi) is 3.71. The summed E-state index contributed by atoms with van der Waals surface area (Å²) in [6.07, 6.45) is 3.28. The molecular formula is C12H8Cl2N2O. The van der Waals surface area contributed by atoms with Gasteiger partial charge in [0, 0.05) is 18.8 Å². The zero-order valence-corrected chi connectivity index (χ0v) is 10.2. The van der Waals surface area contributed by atoms with Crippen LogP contribution in [0.15, 0.2) is 36.7 Å². The van der Waals surface area contributed by atoms with Crippen LogP contribution in [-0.2, 0) is 6.42 Å². The summed E-state index contributed by atoms with van der Waals surface area (Å²) in [6.45, 7) is 0. The first kappa shape index (κ1) is 12.0. The van der Waals surface area contributed by atoms with E-state index in [9.17, 15) is 4.79 Å². The van der Waals surface area contributed by atoms with Gasteiger partial charge in [0.2, 0.25) is 0 Å². The van der Waals surface area contributed by atoms with Gasteiger partial charge in [-0.25, -0.2) is 9.97 Å². The summed E-state index contributed by atoms with van der Waals surface area (Å²) in [5.74, 6) is -0.127. The van der Waals surface area contributed by atoms with Crippen molar-refractivity contribution >= 4 is 29.0 Å². The zero-order chi connectivity index (χ0) is 12.3. The minimum Gasteiger partial charge on any atom is -0.294 e. The largest absolute Gasteiger partial charge is 0.294 e. The van der Waals surface area contributed by atoms with E-state index in [0.29, 0.717) is 16.3 Å². The van der Waals surface area contributed by atoms with E-state index in [1.807, 2.05) is 0 Å². The molecule has 2 aromatic heterocycles. The lowest BCUT2D eigenvalue weighted by atomic mass is 10.1. The van der Waals surface area contributed by atoms with Crippen molar-refractivity contribution in [3.05, 3.63) is 58.1 Å². The molecule has 0 saturated heterocycles. The number of hydrogen-bond acceptors (Lipinski definition) is 3. The second-order valence-electron chi connectivity index (χ2n) is 3.40. The third-order valence-corrected chi connectivity index (χ3v) is 2.89. The van der Waals surface area contributed by atoms with Crippen molar-refractivity contribution in [2.24, 2.45) is 0 Å². The molecule has 0 radical (unpaired) electrons. The van der Waals surface area contributed by atoms with Crippen LogP contribution < -0.4 is 0 Å². The molecular weight excluding hydrogens is 259 g/mol. The molecule has 2 rings (SSSR count). The van der Waals surface area contributed by atoms with Crippen LogP contribution in [0, 0.1) is 0 Å². The molecule has 0 spiro atoms. The Morgan fingerprint density at radius 3 is 2.35 bits per heavy atom. The topological polar surface area (TPSA) is 42.9 Å². The van der Waals surface area contributed by atoms with Crippen LogP contribution in [0.4, 0.5) is 0 Å². The number of carbonyl (C=O) groups excluding carboxylic acids is 1. The van der Waals surface area contributed by atoms with Crippen LogP contribution in [-0.4, -0.2) is 15.8 Å². The monoisotopic (exact) mass is 266 g/mol. The van der Waals surface area contributed by atoms with Crippen LogP contribution in [0.1, 0.15) is 15.9 Å². The minimum absolute atomic E-state index is 0.127. The van der Waals surface area contributed by atoms with E-state index in [-0.39, 0.29) is 17.4 Å². The van der Waals surface area contributed by atoms with E-state index in [0.717, 1.165) is 0 Å². The number of nitrogens with zero attached hydrogens (tertiary/aromatic N) is 2. The first-order valence-corrected chi connectivity index (χ1v) is 5.67. The predicted octanol–water partition coefficient (Wildman–Crippen LogP) is 3.21. The second-order valence-corrected chi connectivity index (χ2v) is 4.11. The van der Waals surface area contributed by atoms with Gasteiger partial charge in [0.25, 0.3) is 0 Å². The quantitative estimate of drug-likeness (QED) is 0.633. The number of ketones is 1. The standard InChI is InChI=1S/C12H8Cl2N2O/c13-11-8(3-1-5-15-11)7-10(17)9-4-2-6-16-12(9)14/h1-6H,7H2. The van der Waals surface area contributed by atoms with Crippen molar-refractivity contribution in [2.75, 3.05) is 0 Å². The van der Waals surface area contributed by atoms with Crippen molar-refractivity contribution in [1.29, 1.82) is 0 Å². The van der Waals surface area contributed by atoms with E-state index in [1.165, 1.54) is 6.20 Å². The summed E-state index contributed by atoms with van der Waals surface area (Å²) in [4.78, 5) is 19.7. The lowest BCUT2D eigenvalue weighted by molar-refractivity contribution is 0.0992. The maximum Gasteiger partial charge on any atom is 0.170 e. The molecule has 0 aliphatic carbocycles. The summed E-state index contributed by atoms with van der Waals surface area (Å²) in [5.41, 5.74) is 1.08. The Morgan fingerprint density at radius 1 is 1.06 bits per heavy atom. The predicted molar refractivity (Wildman–Crippen MR) is 66.5 cm³/mol. The maximum atomic E-state index is 12.0. The molecule has 0 amide bonds. The summed E-state index contributed by atoms with van der Waals surface area (Å²) in [7, 11) is 0. The number of aromatic nitrogens is 2. The number of rotatable bonds is 3. The zero-order valence-electron chi connectivity index (χ0n) is 8.73. The molecule has 17 heavy (non-hydrogen) atoms. The fourth-order valence-corrected chi connectivity index (χ4v) is 1.82. The average Bonchev–Trinajstić information content (AvgIpc) is 2.32. The molecule has 0 atom stereocenters. The molecule has 0 aromatic carbocycles. The van der Waals surface area contributed by atoms with Crippen molar-refractivity contribution in [3.8, 4) is 0 Å². The Morgan fingerprint density at radius 2 is 1.71 bits per heavy atom. The highest BCUT2D eigenvalue weighted by Gasteiger charge is 2.13. The lowest BCUT2D eigenvalue weighted by Gasteiger charge is -2.03. The van der Waals surface area contributed by atoms with Gasteiger partial charge in [-0.15, -0.1) is 0 Å². The van der Waals surface area contributed by atoms with Gasteiger partial charge in [-0.2, -0.15) is 0 Å². The van der Waals surface area contributed by atoms with Crippen molar-refractivity contribution < 1.29 is 4.79 Å². The van der Waals surface area contributed by atoms with Gasteiger partial charge in [0.05, 0.1) is 5.56 Å². The highest BCUT2D eigenvalue weighted by atomic mass is 35.5. The van der Waals surface area contributed by atoms with Gasteiger partial charge in [-0.1, -0.05) is 29.3 Å². The molecule has 0 fully saturated rings. The van der Waals surface area contributed by atoms with E-state index >= 15 is 0 Å². The van der Waals surface area contributed by atoms with E-state index in [4.69, 9.17) is 23.2 Å². The average molecular weight is 267 g/mol. The highest BCUT2D eigenvalue weighted by Crippen LogP contribution is 2.18. The lowest BCUT2D eigenvalue weighted by Crippen LogP contribution is -2.05. The Balaban J connectivity index is 2.24. The van der Waals surface area contributed by atoms with Crippen LogP contribution in [0.2, 0.25) is 10.3 Å². The number of Topliss-reactive ketones (excluding diaryl/α,β-unsaturated/α-hetero) is 1. The number of hydrogen-bond donors (Lipinski definition) is 0. The highest BCUT2D eigenvalue weighted by molar-refractivity contribution is 6.33. The molecule has 2 heterocycles. The fourth-order valence-electron chi connectivity index (χ4n) is 1.41. The van der Waals surface area contributed by atoms with Gasteiger partial charge >= 0.3 is 0 Å². The van der Waals surface area contributed by atoms with Crippen LogP contribution in [0.3, 0.4) is 0 Å². The third kappa shape index (κ3) is 2.81. The Bertz CT molecular complexity index is 558. The van der Waals surface area contributed by atoms with E-state index in [1.54, 1.807) is 30.5 Å². The Hall–Kier alpha value is -1.45. The van der Waals surface area contributed by atoms with Gasteiger partial charge in [-0.3, -0.25) is 4.79 Å². The van der Waals surface area contributed by atoms with Gasteiger partial charge in [-0.05, 0) is 23.8 Å². The molecule has 0 unspecified atom stereocenters. The normalized spacial score (nSPS) is 10.2. The first-order chi connectivity index (χ1) is 8.18. The molecule has 86 valence electrons. The first-order valence-electron chi connectivity index (χ1n) is 4.91. The fraction of sp³-hybridized carbons (Fsp3) is 0.0833. The van der Waals surface area contributed by atoms with Crippen molar-refractivity contribution in [1.82, 2.24) is 9.97 Å². The summed E-state index contributed by atoms with van der Waals surface area (Å²) in [6, 6.07) is 6.81. The van der Waals surface area contributed by atoms with E-state index in [2.05, 4.69) is 9.97 Å². The smallest absolute Gasteiger partial charge is 0.170 e. The number of carbonyl (C=O) groups is 1. The second kappa shape index (κ2) is 5.25. The van der Waals surface area contributed by atoms with Gasteiger partial charge < -0.3 is 0 Å². The van der Waals surface area contributed by atoms with Crippen molar-refractivity contribution in [2.45, 2.75) is 6.42 Å². The summed E-state index contributed by atoms with van der Waals surface area (Å²) >= 11 is 11.7. The molecule has 0 saturated carbocycles. The molecule has 0 N–H and O–H groups in total. The van der Waals surface area contributed by atoms with Gasteiger partial charge in [0.1, 0.15) is 10.3 Å². The molecule has 5 heteroatoms. The molecule has 3 nitrogen and oxygen atoms in total. The molecule has 0 bridgehead atoms. The molecule has 0 aliphatic heterocycles. The summed E-state index contributed by atoms with van der Waals surface area (Å²) in [5, 5.41) is 0.540. The third-order valence-electron chi connectivity index (χ3n) is 2.25. The summed E-state index contributed by atoms with van der Waals surface area (Å²) < 4.78 is 0. The van der Waals surface area contributed by atoms with Gasteiger partial charge in [0.15, 0.2) is 5.78 Å². The van der Waals surface area contributed by atoms with Crippen LogP contribution in [0.5, 0.6) is 0 Å². The number of pyridine rings is 2. The molecule has 0 aliphatic rings. The number of halogens is 2. The minimum atomic E-state index is -0.127. The van der Waals surface area contributed by atoms with Crippen LogP contribution in [0.25, 0.3) is 0 Å². The SMILES string of the molecule is O=C(Cc1cccnc1Cl)c1cccnc1Cl. The molecule has 2 aromatic rings.